The second-order valence-corrected chi connectivity index (χ2v) is 18.1. The number of aliphatic hydroxyl groups is 6. The van der Waals surface area contributed by atoms with Crippen molar-refractivity contribution in [3.63, 3.8) is 0 Å². The molecule has 0 aliphatic heterocycles. The van der Waals surface area contributed by atoms with Crippen LogP contribution in [-0.2, 0) is 14.1 Å². The molecule has 0 fully saturated rings. The van der Waals surface area contributed by atoms with Gasteiger partial charge < -0.3 is 58.8 Å². The third-order valence-corrected chi connectivity index (χ3v) is 10.6. The minimum Gasteiger partial charge on any atom is -0.491 e. The molecule has 4 aromatic carbocycles. The molecular formula is C58H81F4O13P. The van der Waals surface area contributed by atoms with Crippen LogP contribution in [-0.4, -0.2) is 113 Å². The minimum absolute atomic E-state index is 0. The van der Waals surface area contributed by atoms with E-state index in [4.69, 9.17) is 38.4 Å². The number of hydrogen-bond donors (Lipinski definition) is 6. The van der Waals surface area contributed by atoms with Crippen LogP contribution in [0.3, 0.4) is 0 Å². The van der Waals surface area contributed by atoms with E-state index in [0.717, 1.165) is 12.8 Å². The van der Waals surface area contributed by atoms with E-state index in [9.17, 15) is 42.8 Å². The van der Waals surface area contributed by atoms with Crippen LogP contribution in [0.4, 0.5) is 17.6 Å². The van der Waals surface area contributed by atoms with E-state index >= 15 is 0 Å². The number of hydrogen-bond acceptors (Lipinski definition) is 13. The summed E-state index contributed by atoms with van der Waals surface area (Å²) in [6.07, 6.45) is 3.03. The van der Waals surface area contributed by atoms with Crippen molar-refractivity contribution in [2.75, 3.05) is 39.6 Å². The molecule has 0 amide bonds. The Morgan fingerprint density at radius 3 is 1.09 bits per heavy atom. The van der Waals surface area contributed by atoms with Gasteiger partial charge in [-0.3, -0.25) is 4.79 Å². The molecule has 13 nitrogen and oxygen atoms in total. The largest absolute Gasteiger partial charge is 0.491 e. The average molecular weight is 1100 g/mol. The Bertz CT molecular complexity index is 2210. The maximum Gasteiger partial charge on any atom is 0.302 e. The first-order valence-corrected chi connectivity index (χ1v) is 25.8. The second-order valence-electron chi connectivity index (χ2n) is 17.8. The summed E-state index contributed by atoms with van der Waals surface area (Å²) in [6, 6.07) is 22.7. The van der Waals surface area contributed by atoms with Gasteiger partial charge in [0.05, 0.1) is 49.8 Å². The first kappa shape index (κ1) is 68.6. The van der Waals surface area contributed by atoms with Crippen LogP contribution in [0.2, 0.25) is 0 Å². The summed E-state index contributed by atoms with van der Waals surface area (Å²) in [6.45, 7) is 10.2. The maximum absolute atomic E-state index is 12.7. The van der Waals surface area contributed by atoms with Gasteiger partial charge in [0.1, 0.15) is 72.7 Å². The van der Waals surface area contributed by atoms with Crippen LogP contribution in [0.25, 0.3) is 0 Å². The molecule has 0 saturated carbocycles. The topological polar surface area (TPSA) is 194 Å². The Labute approximate surface area is 450 Å². The van der Waals surface area contributed by atoms with Crippen LogP contribution in [0.15, 0.2) is 97.1 Å². The molecule has 4 rings (SSSR count). The van der Waals surface area contributed by atoms with Gasteiger partial charge in [-0.25, -0.2) is 17.6 Å². The zero-order valence-corrected chi connectivity index (χ0v) is 45.5. The fraction of sp³-hybridized carbons (Fsp3) is 0.500. The zero-order valence-electron chi connectivity index (χ0n) is 44.3. The van der Waals surface area contributed by atoms with Crippen LogP contribution < -0.4 is 18.9 Å². The average Bonchev–Trinajstić information content (AvgIpc) is 3.39. The highest BCUT2D eigenvalue weighted by atomic mass is 31.0. The SMILES string of the molecule is CC(=O)OC(C)CCC(O)COc1ccc(F)cc1.CC(C#CCCO)CC[C@H](O)COc1ccc(F)cc1.CC(C#CCCOP)CCC(O)COc1ccc(F)cc1.CC(O)CC[C@H](O)COc1ccc(F)cc1.[3HH]. The molecular weight excluding hydrogens is 1010 g/mol. The van der Waals surface area contributed by atoms with Gasteiger partial charge in [-0.1, -0.05) is 13.8 Å². The first-order chi connectivity index (χ1) is 36.3. The molecule has 4 aromatic rings. The fourth-order valence-corrected chi connectivity index (χ4v) is 6.23. The van der Waals surface area contributed by atoms with Crippen LogP contribution >= 0.6 is 9.47 Å². The van der Waals surface area contributed by atoms with Gasteiger partial charge in [0.25, 0.3) is 0 Å². The Kier molecular flexibility index (Phi) is 38.5. The summed E-state index contributed by atoms with van der Waals surface area (Å²) < 4.78 is 81.7. The summed E-state index contributed by atoms with van der Waals surface area (Å²) in [5.41, 5.74) is 0. The Balaban J connectivity index is 0.000001000. The van der Waals surface area contributed by atoms with Crippen molar-refractivity contribution in [2.24, 2.45) is 11.8 Å². The molecule has 9 atom stereocenters. The number of halogens is 4. The van der Waals surface area contributed by atoms with Crippen molar-refractivity contribution in [1.82, 2.24) is 0 Å². The van der Waals surface area contributed by atoms with E-state index in [1.54, 1.807) is 26.0 Å². The number of carbonyl (C=O) groups excluding carboxylic acids is 1. The highest BCUT2D eigenvalue weighted by molar-refractivity contribution is 7.09. The molecule has 0 saturated heterocycles. The summed E-state index contributed by atoms with van der Waals surface area (Å²) in [7, 11) is 2.20. The lowest BCUT2D eigenvalue weighted by Crippen LogP contribution is -2.21. The predicted octanol–water partition coefficient (Wildman–Crippen LogP) is 9.82. The number of aliphatic hydroxyl groups excluding tert-OH is 6. The third kappa shape index (κ3) is 39.0. The predicted molar refractivity (Wildman–Crippen MR) is 289 cm³/mol. The molecule has 76 heavy (non-hydrogen) atoms. The first-order valence-electron chi connectivity index (χ1n) is 25.3. The van der Waals surface area contributed by atoms with E-state index in [2.05, 4.69) is 33.1 Å². The molecule has 0 aliphatic carbocycles. The number of esters is 1. The minimum atomic E-state index is -0.650. The highest BCUT2D eigenvalue weighted by Gasteiger charge is 2.13. The zero-order chi connectivity index (χ0) is 56.5. The molecule has 0 bridgehead atoms. The quantitative estimate of drug-likeness (QED) is 0.0104. The van der Waals surface area contributed by atoms with Gasteiger partial charge in [-0.15, -0.1) is 23.7 Å². The van der Waals surface area contributed by atoms with Gasteiger partial charge in [0.2, 0.25) is 0 Å². The third-order valence-electron chi connectivity index (χ3n) is 10.4. The van der Waals surface area contributed by atoms with Crippen molar-refractivity contribution >= 4 is 15.4 Å². The maximum atomic E-state index is 12.7. The lowest BCUT2D eigenvalue weighted by atomic mass is 10.0. The Morgan fingerprint density at radius 1 is 0.500 bits per heavy atom. The molecule has 0 spiro atoms. The molecule has 0 aromatic heterocycles. The van der Waals surface area contributed by atoms with E-state index in [0.29, 0.717) is 81.0 Å². The van der Waals surface area contributed by atoms with Crippen molar-refractivity contribution in [3.05, 3.63) is 120 Å². The number of carbonyl (C=O) groups is 1. The van der Waals surface area contributed by atoms with Crippen molar-refractivity contribution in [1.29, 1.82) is 0 Å². The molecule has 0 heterocycles. The molecule has 7 unspecified atom stereocenters. The molecule has 6 N–H and O–H groups in total. The Morgan fingerprint density at radius 2 is 0.803 bits per heavy atom. The van der Waals surface area contributed by atoms with Crippen LogP contribution in [0, 0.1) is 58.8 Å². The standard InChI is InChI=1S/C16H22FO3P.C16H21FO3.C14H19FO4.C12H17FO3.H2/c1-13(4-2-3-11-20-21)5-8-15(18)12-19-16-9-6-14(17)7-10-16;1-13(4-2-3-11-18)5-8-15(19)12-20-16-9-6-14(17)7-10-16;1-10(19-11(2)16)3-6-13(17)9-18-14-7-4-12(15)5-8-14;1-9(14)2-5-11(15)8-16-12-6-3-10(13)4-7-12;/h6-7,9-10,13,15,18H,3,5,8,11-12,21H2,1H3;6-7,9-10,13,15,18-19H,3,5,8,11-12H2,1H3;4-5,7-8,10,13,17H,3,6,9H2,1-2H3;3-4,6-7,9,11,14-15H,2,5,8H2,1H3;1H/t;13?,15-;;9?,11-;/m.0.0./s1/i;;;;1+2. The summed E-state index contributed by atoms with van der Waals surface area (Å²) in [5, 5.41) is 56.5. The van der Waals surface area contributed by atoms with E-state index in [-0.39, 0.29) is 81.6 Å². The Hall–Kier alpha value is -5.46. The van der Waals surface area contributed by atoms with Gasteiger partial charge in [0.15, 0.2) is 0 Å². The number of ether oxygens (including phenoxy) is 5. The summed E-state index contributed by atoms with van der Waals surface area (Å²) in [4.78, 5) is 10.7. The van der Waals surface area contributed by atoms with E-state index in [1.165, 1.54) is 91.9 Å². The van der Waals surface area contributed by atoms with Gasteiger partial charge >= 0.3 is 5.97 Å². The van der Waals surface area contributed by atoms with Crippen LogP contribution in [0.1, 0.15) is 100 Å². The normalized spacial score (nSPS) is 13.6. The van der Waals surface area contributed by atoms with E-state index < -0.39 is 30.5 Å². The molecule has 424 valence electrons. The van der Waals surface area contributed by atoms with E-state index in [1.807, 2.05) is 13.8 Å². The summed E-state index contributed by atoms with van der Waals surface area (Å²) >= 11 is 0. The lowest BCUT2D eigenvalue weighted by Gasteiger charge is -2.15. The lowest BCUT2D eigenvalue weighted by molar-refractivity contribution is -0.146. The molecule has 0 aliphatic rings. The van der Waals surface area contributed by atoms with Crippen molar-refractivity contribution in [2.45, 2.75) is 135 Å². The van der Waals surface area contributed by atoms with Crippen LogP contribution in [0.5, 0.6) is 23.0 Å². The van der Waals surface area contributed by atoms with Crippen molar-refractivity contribution < 1.29 is 82.6 Å². The summed E-state index contributed by atoms with van der Waals surface area (Å²) in [5.74, 6) is 13.0. The molecule has 18 heteroatoms. The van der Waals surface area contributed by atoms with Gasteiger partial charge in [0, 0.05) is 42.5 Å². The smallest absolute Gasteiger partial charge is 0.302 e. The molecule has 0 radical (unpaired) electrons. The monoisotopic (exact) mass is 1090 g/mol. The fourth-order valence-electron chi connectivity index (χ4n) is 6.12. The van der Waals surface area contributed by atoms with Gasteiger partial charge in [-0.05, 0) is 162 Å². The number of benzene rings is 4. The number of rotatable bonds is 28. The second kappa shape index (κ2) is 42.6. The van der Waals surface area contributed by atoms with Crippen molar-refractivity contribution in [3.8, 4) is 46.7 Å². The highest BCUT2D eigenvalue weighted by Crippen LogP contribution is 2.17. The van der Waals surface area contributed by atoms with Gasteiger partial charge in [-0.2, -0.15) is 0 Å².